The van der Waals surface area contributed by atoms with Crippen LogP contribution < -0.4 is 15.4 Å². The predicted octanol–water partition coefficient (Wildman–Crippen LogP) is 6.03. The number of hydrogen-bond donors (Lipinski definition) is 1. The Morgan fingerprint density at radius 2 is 1.92 bits per heavy atom. The number of ether oxygens (including phenoxy) is 2. The summed E-state index contributed by atoms with van der Waals surface area (Å²) in [4.78, 5) is 31.4. The molecule has 0 spiro atoms. The Morgan fingerprint density at radius 1 is 1.14 bits per heavy atom. The molecule has 3 fully saturated rings. The van der Waals surface area contributed by atoms with Gasteiger partial charge in [-0.25, -0.2) is 13.8 Å². The molecule has 16 heteroatoms. The van der Waals surface area contributed by atoms with E-state index in [-0.39, 0.29) is 81.4 Å². The average molecular weight is 718 g/mol. The molecule has 0 aliphatic carbocycles. The number of methoxy groups -OCH3 is 1. The maximum absolute atomic E-state index is 17.0. The summed E-state index contributed by atoms with van der Waals surface area (Å²) >= 11 is 0.754. The summed E-state index contributed by atoms with van der Waals surface area (Å²) in [6.45, 7) is 9.35. The van der Waals surface area contributed by atoms with Crippen LogP contribution in [0.5, 0.6) is 6.01 Å². The van der Waals surface area contributed by atoms with Gasteiger partial charge in [-0.1, -0.05) is 17.9 Å². The number of nitrogens with zero attached hydrogens (tertiary/aromatic N) is 6. The van der Waals surface area contributed by atoms with Gasteiger partial charge in [-0.05, 0) is 63.9 Å². The molecule has 10 nitrogen and oxygen atoms in total. The van der Waals surface area contributed by atoms with Gasteiger partial charge in [0.25, 0.3) is 0 Å². The highest BCUT2D eigenvalue weighted by Gasteiger charge is 2.49. The largest absolute Gasteiger partial charge is 0.461 e. The third-order valence-electron chi connectivity index (χ3n) is 10.3. The fourth-order valence-corrected chi connectivity index (χ4v) is 8.59. The van der Waals surface area contributed by atoms with Crippen molar-refractivity contribution in [1.29, 1.82) is 0 Å². The standard InChI is InChI=1S/C34H36F5N7O3S/c1-5-24(47)45-13-18(3)46(14-17(45)2)30-21-11-22(34(37,38)39)25(20-7-8-23(35)29-28(20)41-31(40)50-29)26(36)27(21)42-32(43-30)49-16-33-9-6-10-44(33)15-19(12-33)48-4/h5,7-8,11,17-19H,1,6,9-10,12-16H2,2-4H3,(H2,40,41)/t17-,18+,19-,33-/m1/s1. The number of nitrogen functional groups attached to an aromatic ring is 1. The molecule has 266 valence electrons. The molecule has 1 amide bonds. The molecule has 0 bridgehead atoms. The van der Waals surface area contributed by atoms with Gasteiger partial charge in [0, 0.05) is 55.3 Å². The monoisotopic (exact) mass is 717 g/mol. The highest BCUT2D eigenvalue weighted by atomic mass is 32.1. The topological polar surface area (TPSA) is 110 Å². The Bertz CT molecular complexity index is 2010. The van der Waals surface area contributed by atoms with Crippen LogP contribution >= 0.6 is 11.3 Å². The first kappa shape index (κ1) is 34.3. The SMILES string of the molecule is C=CC(=O)N1C[C@H](C)N(c2nc(OC[C@]34CCCN3C[C@H](OC)C4)nc3c(F)c(-c4ccc(F)c5sc(N)nc45)c(C(F)(F)F)cc23)C[C@H]1C. The number of carbonyl (C=O) groups excluding carboxylic acids is 1. The number of piperazine rings is 1. The van der Waals surface area contributed by atoms with Gasteiger partial charge in [0.1, 0.15) is 23.8 Å². The van der Waals surface area contributed by atoms with Crippen molar-refractivity contribution in [2.45, 2.75) is 63.0 Å². The molecule has 2 N–H and O–H groups in total. The molecule has 0 saturated carbocycles. The first-order valence-electron chi connectivity index (χ1n) is 16.3. The van der Waals surface area contributed by atoms with Gasteiger partial charge in [-0.2, -0.15) is 23.1 Å². The molecule has 3 saturated heterocycles. The molecule has 4 aromatic rings. The second-order valence-corrected chi connectivity index (χ2v) is 14.4. The first-order valence-corrected chi connectivity index (χ1v) is 17.1. The van der Waals surface area contributed by atoms with Crippen LogP contribution in [0.25, 0.3) is 32.2 Å². The van der Waals surface area contributed by atoms with E-state index in [9.17, 15) is 22.4 Å². The van der Waals surface area contributed by atoms with Crippen molar-refractivity contribution in [3.8, 4) is 17.1 Å². The molecule has 0 radical (unpaired) electrons. The van der Waals surface area contributed by atoms with Gasteiger partial charge in [0.15, 0.2) is 10.9 Å². The van der Waals surface area contributed by atoms with Crippen LogP contribution in [0.2, 0.25) is 0 Å². The number of anilines is 2. The number of aromatic nitrogens is 3. The van der Waals surface area contributed by atoms with Crippen molar-refractivity contribution >= 4 is 49.3 Å². The van der Waals surface area contributed by atoms with E-state index in [0.717, 1.165) is 55.5 Å². The van der Waals surface area contributed by atoms with E-state index in [0.29, 0.717) is 6.42 Å². The Balaban J connectivity index is 1.42. The molecular formula is C34H36F5N7O3S. The smallest absolute Gasteiger partial charge is 0.417 e. The lowest BCUT2D eigenvalue weighted by atomic mass is 9.94. The molecule has 2 aromatic heterocycles. The van der Waals surface area contributed by atoms with Gasteiger partial charge >= 0.3 is 12.2 Å². The maximum Gasteiger partial charge on any atom is 0.417 e. The average Bonchev–Trinajstić information content (AvgIpc) is 3.76. The fraction of sp³-hybridized carbons (Fsp3) is 0.471. The zero-order valence-electron chi connectivity index (χ0n) is 27.7. The maximum atomic E-state index is 17.0. The lowest BCUT2D eigenvalue weighted by Gasteiger charge is -2.44. The van der Waals surface area contributed by atoms with Crippen molar-refractivity contribution < 1.29 is 36.2 Å². The fourth-order valence-electron chi connectivity index (χ4n) is 7.82. The van der Waals surface area contributed by atoms with E-state index >= 15 is 4.39 Å². The van der Waals surface area contributed by atoms with Crippen molar-refractivity contribution in [1.82, 2.24) is 24.8 Å². The highest BCUT2D eigenvalue weighted by Crippen LogP contribution is 2.47. The summed E-state index contributed by atoms with van der Waals surface area (Å²) in [7, 11) is 1.66. The lowest BCUT2D eigenvalue weighted by molar-refractivity contribution is -0.137. The zero-order valence-corrected chi connectivity index (χ0v) is 28.5. The molecule has 2 aromatic carbocycles. The third kappa shape index (κ3) is 5.70. The Hall–Kier alpha value is -4.15. The molecule has 0 unspecified atom stereocenters. The third-order valence-corrected chi connectivity index (χ3v) is 11.2. The van der Waals surface area contributed by atoms with Crippen LogP contribution in [0.1, 0.15) is 38.7 Å². The summed E-state index contributed by atoms with van der Waals surface area (Å²) in [5.41, 5.74) is 2.45. The number of carbonyl (C=O) groups is 1. The number of fused-ring (bicyclic) bond motifs is 3. The molecule has 7 rings (SSSR count). The summed E-state index contributed by atoms with van der Waals surface area (Å²) in [6.07, 6.45) is -1.31. The van der Waals surface area contributed by atoms with E-state index in [1.165, 1.54) is 6.08 Å². The number of benzene rings is 2. The van der Waals surface area contributed by atoms with Crippen LogP contribution in [0, 0.1) is 11.6 Å². The minimum atomic E-state index is -5.04. The number of halogens is 5. The molecule has 3 aliphatic heterocycles. The minimum Gasteiger partial charge on any atom is -0.461 e. The zero-order chi connectivity index (χ0) is 35.7. The van der Waals surface area contributed by atoms with Crippen LogP contribution in [0.3, 0.4) is 0 Å². The van der Waals surface area contributed by atoms with E-state index in [2.05, 4.69) is 26.4 Å². The van der Waals surface area contributed by atoms with Gasteiger partial charge in [-0.15, -0.1) is 0 Å². The Labute approximate surface area is 288 Å². The van der Waals surface area contributed by atoms with E-state index in [1.807, 2.05) is 0 Å². The molecular weight excluding hydrogens is 681 g/mol. The number of thiazole rings is 1. The van der Waals surface area contributed by atoms with E-state index in [4.69, 9.17) is 15.2 Å². The van der Waals surface area contributed by atoms with Gasteiger partial charge in [0.2, 0.25) is 5.91 Å². The van der Waals surface area contributed by atoms with Crippen LogP contribution in [-0.2, 0) is 15.7 Å². The van der Waals surface area contributed by atoms with Crippen LogP contribution in [0.15, 0.2) is 30.9 Å². The second-order valence-electron chi connectivity index (χ2n) is 13.3. The minimum absolute atomic E-state index is 0.0111. The van der Waals surface area contributed by atoms with Crippen molar-refractivity contribution in [2.75, 3.05) is 50.5 Å². The molecule has 3 aliphatic rings. The van der Waals surface area contributed by atoms with Crippen molar-refractivity contribution in [3.05, 3.63) is 48.1 Å². The predicted molar refractivity (Wildman–Crippen MR) is 180 cm³/mol. The first-order chi connectivity index (χ1) is 23.7. The summed E-state index contributed by atoms with van der Waals surface area (Å²) in [5.74, 6) is -2.27. The van der Waals surface area contributed by atoms with Gasteiger partial charge < -0.3 is 25.0 Å². The summed E-state index contributed by atoms with van der Waals surface area (Å²) in [5, 5.41) is -0.271. The van der Waals surface area contributed by atoms with Crippen LogP contribution in [-0.4, -0.2) is 94.3 Å². The normalized spacial score (nSPS) is 24.4. The van der Waals surface area contributed by atoms with Crippen molar-refractivity contribution in [3.63, 3.8) is 0 Å². The number of nitrogens with two attached hydrogens (primary N) is 1. The number of alkyl halides is 3. The lowest BCUT2D eigenvalue weighted by Crippen LogP contribution is -2.58. The van der Waals surface area contributed by atoms with Crippen molar-refractivity contribution in [2.24, 2.45) is 0 Å². The van der Waals surface area contributed by atoms with Gasteiger partial charge in [-0.3, -0.25) is 9.69 Å². The molecule has 50 heavy (non-hydrogen) atoms. The van der Waals surface area contributed by atoms with Gasteiger partial charge in [0.05, 0.1) is 27.4 Å². The quantitative estimate of drug-likeness (QED) is 0.181. The van der Waals surface area contributed by atoms with Crippen LogP contribution in [0.4, 0.5) is 32.9 Å². The Kier molecular flexibility index (Phi) is 8.62. The highest BCUT2D eigenvalue weighted by molar-refractivity contribution is 7.22. The second kappa shape index (κ2) is 12.6. The number of amides is 1. The van der Waals surface area contributed by atoms with E-state index in [1.54, 1.807) is 30.8 Å². The molecule has 4 atom stereocenters. The number of rotatable bonds is 7. The number of hydrogen-bond acceptors (Lipinski definition) is 10. The Morgan fingerprint density at radius 3 is 2.64 bits per heavy atom. The summed E-state index contributed by atoms with van der Waals surface area (Å²) < 4.78 is 88.4. The summed E-state index contributed by atoms with van der Waals surface area (Å²) in [6, 6.07) is 1.84. The van der Waals surface area contributed by atoms with E-state index < -0.39 is 40.5 Å². The molecule has 5 heterocycles.